The van der Waals surface area contributed by atoms with Gasteiger partial charge in [-0.15, -0.1) is 0 Å². The molecule has 4 atom stereocenters. The average Bonchev–Trinajstić information content (AvgIpc) is 2.74. The van der Waals surface area contributed by atoms with Crippen molar-refractivity contribution in [1.82, 2.24) is 0 Å². The zero-order valence-corrected chi connectivity index (χ0v) is 9.30. The molecule has 0 spiro atoms. The summed E-state index contributed by atoms with van der Waals surface area (Å²) in [6, 6.07) is 0. The van der Waals surface area contributed by atoms with Gasteiger partial charge in [-0.05, 0) is 43.9 Å². The molecule has 2 aliphatic carbocycles. The molecule has 0 aliphatic heterocycles. The van der Waals surface area contributed by atoms with Gasteiger partial charge in [-0.3, -0.25) is 0 Å². The summed E-state index contributed by atoms with van der Waals surface area (Å²) in [5, 5.41) is 0. The molecule has 1 unspecified atom stereocenters. The normalized spacial score (nSPS) is 39.7. The van der Waals surface area contributed by atoms with E-state index in [1.54, 1.807) is 0 Å². The zero-order valence-electron chi connectivity index (χ0n) is 8.41. The average molecular weight is 200 g/mol. The third kappa shape index (κ3) is 2.21. The van der Waals surface area contributed by atoms with Gasteiger partial charge in [0.05, 0.1) is 12.7 Å². The fourth-order valence-corrected chi connectivity index (χ4v) is 3.03. The Bertz CT molecular complexity index is 171. The summed E-state index contributed by atoms with van der Waals surface area (Å²) in [6.45, 7) is 3.10. The zero-order chi connectivity index (χ0) is 9.26. The van der Waals surface area contributed by atoms with Crippen LogP contribution in [0.25, 0.3) is 0 Å². The van der Waals surface area contributed by atoms with Gasteiger partial charge in [0, 0.05) is 5.75 Å². The van der Waals surface area contributed by atoms with E-state index in [4.69, 9.17) is 4.74 Å². The van der Waals surface area contributed by atoms with Gasteiger partial charge in [-0.25, -0.2) is 0 Å². The molecule has 13 heavy (non-hydrogen) atoms. The van der Waals surface area contributed by atoms with Crippen molar-refractivity contribution < 1.29 is 4.74 Å². The summed E-state index contributed by atoms with van der Waals surface area (Å²) < 4.78 is 5.75. The molecule has 0 radical (unpaired) electrons. The quantitative estimate of drug-likeness (QED) is 0.687. The van der Waals surface area contributed by atoms with E-state index in [1.807, 2.05) is 0 Å². The third-order valence-corrected chi connectivity index (χ3v) is 4.25. The Hall–Kier alpha value is 0.310. The Balaban J connectivity index is 1.71. The topological polar surface area (TPSA) is 9.23 Å². The van der Waals surface area contributed by atoms with Gasteiger partial charge in [0.15, 0.2) is 0 Å². The summed E-state index contributed by atoms with van der Waals surface area (Å²) >= 11 is 4.22. The van der Waals surface area contributed by atoms with Crippen LogP contribution >= 0.6 is 12.6 Å². The van der Waals surface area contributed by atoms with Crippen molar-refractivity contribution >= 4 is 12.6 Å². The highest BCUT2D eigenvalue weighted by Crippen LogP contribution is 2.48. The predicted molar refractivity (Wildman–Crippen MR) is 58.2 cm³/mol. The van der Waals surface area contributed by atoms with Crippen molar-refractivity contribution in [3.63, 3.8) is 0 Å². The number of hydrogen-bond acceptors (Lipinski definition) is 2. The molecule has 2 bridgehead atoms. The fourth-order valence-electron chi connectivity index (χ4n) is 2.92. The van der Waals surface area contributed by atoms with Crippen LogP contribution in [0.4, 0.5) is 0 Å². The fraction of sp³-hybridized carbons (Fsp3) is 1.00. The maximum absolute atomic E-state index is 5.75. The Morgan fingerprint density at radius 2 is 2.23 bits per heavy atom. The van der Waals surface area contributed by atoms with Gasteiger partial charge in [-0.2, -0.15) is 12.6 Å². The van der Waals surface area contributed by atoms with Crippen molar-refractivity contribution in [2.24, 2.45) is 17.8 Å². The molecule has 0 aromatic heterocycles. The third-order valence-electron chi connectivity index (χ3n) is 3.74. The van der Waals surface area contributed by atoms with Crippen molar-refractivity contribution in [2.75, 3.05) is 12.4 Å². The predicted octanol–water partition coefficient (Wildman–Crippen LogP) is 2.76. The molecule has 0 heterocycles. The van der Waals surface area contributed by atoms with E-state index in [0.717, 1.165) is 30.1 Å². The lowest BCUT2D eigenvalue weighted by atomic mass is 9.89. The molecule has 2 rings (SSSR count). The first-order valence-electron chi connectivity index (χ1n) is 5.52. The second-order valence-electron chi connectivity index (χ2n) is 4.76. The Morgan fingerprint density at radius 3 is 2.77 bits per heavy atom. The maximum Gasteiger partial charge on any atom is 0.0634 e. The van der Waals surface area contributed by atoms with Crippen LogP contribution in [0.2, 0.25) is 0 Å². The monoisotopic (exact) mass is 200 g/mol. The standard InChI is InChI=1S/C11H20OS/c1-8(7-13)12-6-11-5-9-2-3-10(11)4-9/h8-11,13H,2-7H2,1H3/t8?,9-,10+,11+/m1/s1. The molecule has 76 valence electrons. The second kappa shape index (κ2) is 4.22. The van der Waals surface area contributed by atoms with E-state index in [9.17, 15) is 0 Å². The van der Waals surface area contributed by atoms with Crippen molar-refractivity contribution in [1.29, 1.82) is 0 Å². The highest BCUT2D eigenvalue weighted by atomic mass is 32.1. The molecular formula is C11H20OS. The van der Waals surface area contributed by atoms with Crippen LogP contribution in [0.3, 0.4) is 0 Å². The first-order chi connectivity index (χ1) is 6.29. The molecule has 2 aliphatic rings. The first kappa shape index (κ1) is 9.85. The number of rotatable bonds is 4. The molecule has 0 amide bonds. The van der Waals surface area contributed by atoms with Gasteiger partial charge < -0.3 is 4.74 Å². The van der Waals surface area contributed by atoms with Crippen LogP contribution in [-0.4, -0.2) is 18.5 Å². The van der Waals surface area contributed by atoms with Crippen LogP contribution < -0.4 is 0 Å². The van der Waals surface area contributed by atoms with Crippen molar-refractivity contribution in [3.05, 3.63) is 0 Å². The van der Waals surface area contributed by atoms with Gasteiger partial charge in [0.25, 0.3) is 0 Å². The van der Waals surface area contributed by atoms with Gasteiger partial charge >= 0.3 is 0 Å². The van der Waals surface area contributed by atoms with Crippen molar-refractivity contribution in [2.45, 2.75) is 38.7 Å². The Morgan fingerprint density at radius 1 is 1.38 bits per heavy atom. The summed E-state index contributed by atoms with van der Waals surface area (Å²) in [6.07, 6.45) is 6.22. The van der Waals surface area contributed by atoms with E-state index < -0.39 is 0 Å². The lowest BCUT2D eigenvalue weighted by molar-refractivity contribution is 0.0389. The van der Waals surface area contributed by atoms with Crippen molar-refractivity contribution in [3.8, 4) is 0 Å². The van der Waals surface area contributed by atoms with Gasteiger partial charge in [-0.1, -0.05) is 6.42 Å². The van der Waals surface area contributed by atoms with E-state index in [1.165, 1.54) is 25.7 Å². The van der Waals surface area contributed by atoms with Crippen LogP contribution in [-0.2, 0) is 4.74 Å². The Kier molecular flexibility index (Phi) is 3.20. The lowest BCUT2D eigenvalue weighted by Crippen LogP contribution is -2.21. The Labute approximate surface area is 86.6 Å². The van der Waals surface area contributed by atoms with E-state index >= 15 is 0 Å². The van der Waals surface area contributed by atoms with Crippen LogP contribution in [0, 0.1) is 17.8 Å². The molecule has 2 fully saturated rings. The first-order valence-corrected chi connectivity index (χ1v) is 6.15. The SMILES string of the molecule is CC(CS)OC[C@@H]1C[C@@H]2CC[C@H]1C2. The second-order valence-corrected chi connectivity index (χ2v) is 5.13. The van der Waals surface area contributed by atoms with E-state index in [-0.39, 0.29) is 0 Å². The number of ether oxygens (including phenoxy) is 1. The van der Waals surface area contributed by atoms with Gasteiger partial charge in [0.2, 0.25) is 0 Å². The van der Waals surface area contributed by atoms with Crippen LogP contribution in [0.15, 0.2) is 0 Å². The minimum atomic E-state index is 0.336. The molecule has 2 saturated carbocycles. The molecule has 0 aromatic rings. The highest BCUT2D eigenvalue weighted by Gasteiger charge is 2.39. The molecule has 0 N–H and O–H groups in total. The number of hydrogen-bond donors (Lipinski definition) is 1. The van der Waals surface area contributed by atoms with Crippen LogP contribution in [0.1, 0.15) is 32.6 Å². The van der Waals surface area contributed by atoms with Crippen LogP contribution in [0.5, 0.6) is 0 Å². The molecule has 1 nitrogen and oxygen atoms in total. The minimum absolute atomic E-state index is 0.336. The molecule has 0 saturated heterocycles. The minimum Gasteiger partial charge on any atom is -0.377 e. The smallest absolute Gasteiger partial charge is 0.0634 e. The number of fused-ring (bicyclic) bond motifs is 2. The molecule has 2 heteroatoms. The largest absolute Gasteiger partial charge is 0.377 e. The highest BCUT2D eigenvalue weighted by molar-refractivity contribution is 7.80. The number of thiol groups is 1. The summed E-state index contributed by atoms with van der Waals surface area (Å²) in [5.74, 6) is 3.77. The molecule has 0 aromatic carbocycles. The maximum atomic E-state index is 5.75. The van der Waals surface area contributed by atoms with E-state index in [0.29, 0.717) is 6.10 Å². The van der Waals surface area contributed by atoms with Gasteiger partial charge in [0.1, 0.15) is 0 Å². The lowest BCUT2D eigenvalue weighted by Gasteiger charge is -2.22. The summed E-state index contributed by atoms with van der Waals surface area (Å²) in [5.41, 5.74) is 0. The summed E-state index contributed by atoms with van der Waals surface area (Å²) in [7, 11) is 0. The summed E-state index contributed by atoms with van der Waals surface area (Å²) in [4.78, 5) is 0. The van der Waals surface area contributed by atoms with E-state index in [2.05, 4.69) is 19.6 Å². The molecular weight excluding hydrogens is 180 g/mol.